The summed E-state index contributed by atoms with van der Waals surface area (Å²) < 4.78 is 1.15. The van der Waals surface area contributed by atoms with Crippen LogP contribution in [0.3, 0.4) is 0 Å². The molecule has 0 fully saturated rings. The third-order valence-electron chi connectivity index (χ3n) is 7.51. The van der Waals surface area contributed by atoms with Crippen LogP contribution in [0, 0.1) is 0 Å². The molecule has 0 atom stereocenters. The number of fused-ring (bicyclic) bond motifs is 4. The SMILES string of the molecule is C=Cc1c2ccccc2c(-c2ccc(-c3c4ccccc4c(Br)c4ccccc34)cc2)c2ccccc12. The van der Waals surface area contributed by atoms with E-state index >= 15 is 0 Å². The molecule has 0 aliphatic rings. The Labute approximate surface area is 224 Å². The van der Waals surface area contributed by atoms with Crippen LogP contribution in [-0.4, -0.2) is 0 Å². The number of hydrogen-bond acceptors (Lipinski definition) is 0. The molecule has 0 bridgehead atoms. The van der Waals surface area contributed by atoms with Gasteiger partial charge in [-0.05, 0) is 86.8 Å². The molecule has 0 saturated heterocycles. The maximum atomic E-state index is 4.13. The molecule has 0 spiro atoms. The minimum atomic E-state index is 1.15. The average Bonchev–Trinajstić information content (AvgIpc) is 2.96. The molecule has 174 valence electrons. The zero-order valence-electron chi connectivity index (χ0n) is 20.2. The lowest BCUT2D eigenvalue weighted by Crippen LogP contribution is -1.90. The summed E-state index contributed by atoms with van der Waals surface area (Å²) in [6.45, 7) is 4.13. The third kappa shape index (κ3) is 3.35. The number of rotatable bonds is 3. The van der Waals surface area contributed by atoms with E-state index in [9.17, 15) is 0 Å². The summed E-state index contributed by atoms with van der Waals surface area (Å²) in [4.78, 5) is 0. The Kier molecular flexibility index (Phi) is 5.20. The van der Waals surface area contributed by atoms with Crippen molar-refractivity contribution < 1.29 is 0 Å². The molecule has 1 heteroatoms. The van der Waals surface area contributed by atoms with Gasteiger partial charge in [0, 0.05) is 4.47 Å². The van der Waals surface area contributed by atoms with Gasteiger partial charge >= 0.3 is 0 Å². The molecule has 0 aliphatic carbocycles. The quantitative estimate of drug-likeness (QED) is 0.198. The molecule has 7 aromatic rings. The summed E-state index contributed by atoms with van der Waals surface area (Å²) in [6.07, 6.45) is 1.99. The Morgan fingerprint density at radius 3 is 1.05 bits per heavy atom. The highest BCUT2D eigenvalue weighted by atomic mass is 79.9. The molecular formula is C36H23Br. The average molecular weight is 535 g/mol. The predicted molar refractivity (Wildman–Crippen MR) is 165 cm³/mol. The van der Waals surface area contributed by atoms with Gasteiger partial charge in [0.1, 0.15) is 0 Å². The zero-order valence-corrected chi connectivity index (χ0v) is 21.8. The minimum absolute atomic E-state index is 1.15. The van der Waals surface area contributed by atoms with E-state index in [1.807, 2.05) is 6.08 Å². The lowest BCUT2D eigenvalue weighted by atomic mass is 9.87. The fourth-order valence-corrected chi connectivity index (χ4v) is 6.57. The molecule has 0 aromatic heterocycles. The van der Waals surface area contributed by atoms with Crippen molar-refractivity contribution in [2.75, 3.05) is 0 Å². The molecule has 0 N–H and O–H groups in total. The van der Waals surface area contributed by atoms with Crippen LogP contribution in [-0.2, 0) is 0 Å². The molecule has 37 heavy (non-hydrogen) atoms. The lowest BCUT2D eigenvalue weighted by Gasteiger charge is -2.17. The molecule has 7 rings (SSSR count). The standard InChI is InChI=1S/C36H23Br/c1-2-25-26-11-3-5-13-28(26)34(29-14-6-4-12-27(25)29)23-19-21-24(22-20-23)35-30-15-7-9-17-32(30)36(37)33-18-10-8-16-31(33)35/h2-22H,1H2. The van der Waals surface area contributed by atoms with Gasteiger partial charge in [0.25, 0.3) is 0 Å². The first-order valence-electron chi connectivity index (χ1n) is 12.5. The van der Waals surface area contributed by atoms with Crippen molar-refractivity contribution in [2.24, 2.45) is 0 Å². The van der Waals surface area contributed by atoms with E-state index < -0.39 is 0 Å². The van der Waals surface area contributed by atoms with Crippen molar-refractivity contribution in [3.63, 3.8) is 0 Å². The lowest BCUT2D eigenvalue weighted by molar-refractivity contribution is 1.64. The van der Waals surface area contributed by atoms with Crippen molar-refractivity contribution >= 4 is 65.1 Å². The van der Waals surface area contributed by atoms with Crippen molar-refractivity contribution in [3.8, 4) is 22.3 Å². The Bertz CT molecular complexity index is 1880. The van der Waals surface area contributed by atoms with Crippen LogP contribution in [0.1, 0.15) is 5.56 Å². The molecule has 0 unspecified atom stereocenters. The van der Waals surface area contributed by atoms with Gasteiger partial charge in [0.2, 0.25) is 0 Å². The fourth-order valence-electron chi connectivity index (χ4n) is 5.88. The second-order valence-electron chi connectivity index (χ2n) is 9.44. The maximum Gasteiger partial charge on any atom is 0.0332 e. The molecule has 0 saturated carbocycles. The van der Waals surface area contributed by atoms with Gasteiger partial charge in [0.15, 0.2) is 0 Å². The summed E-state index contributed by atoms with van der Waals surface area (Å²) in [5.74, 6) is 0. The van der Waals surface area contributed by atoms with E-state index in [0.717, 1.165) is 4.47 Å². The molecule has 7 aromatic carbocycles. The van der Waals surface area contributed by atoms with Gasteiger partial charge in [-0.3, -0.25) is 0 Å². The van der Waals surface area contributed by atoms with Crippen LogP contribution in [0.4, 0.5) is 0 Å². The molecule has 0 nitrogen and oxygen atoms in total. The van der Waals surface area contributed by atoms with Crippen LogP contribution in [0.25, 0.3) is 71.4 Å². The Morgan fingerprint density at radius 2 is 0.703 bits per heavy atom. The highest BCUT2D eigenvalue weighted by Gasteiger charge is 2.16. The second-order valence-corrected chi connectivity index (χ2v) is 10.2. The highest BCUT2D eigenvalue weighted by Crippen LogP contribution is 2.43. The first kappa shape index (κ1) is 22.0. The molecule has 0 heterocycles. The van der Waals surface area contributed by atoms with Gasteiger partial charge in [-0.25, -0.2) is 0 Å². The van der Waals surface area contributed by atoms with Crippen molar-refractivity contribution in [2.45, 2.75) is 0 Å². The van der Waals surface area contributed by atoms with E-state index in [-0.39, 0.29) is 0 Å². The van der Waals surface area contributed by atoms with Crippen molar-refractivity contribution in [3.05, 3.63) is 138 Å². The maximum absolute atomic E-state index is 4.13. The number of hydrogen-bond donors (Lipinski definition) is 0. The molecule has 0 aliphatic heterocycles. The van der Waals surface area contributed by atoms with E-state index in [4.69, 9.17) is 0 Å². The van der Waals surface area contributed by atoms with E-state index in [1.54, 1.807) is 0 Å². The molecule has 0 amide bonds. The monoisotopic (exact) mass is 534 g/mol. The second kappa shape index (κ2) is 8.73. The number of benzene rings is 7. The Hall–Kier alpha value is -4.20. The zero-order chi connectivity index (χ0) is 24.9. The van der Waals surface area contributed by atoms with Crippen molar-refractivity contribution in [1.29, 1.82) is 0 Å². The Balaban J connectivity index is 1.51. The normalized spacial score (nSPS) is 11.5. The summed E-state index contributed by atoms with van der Waals surface area (Å²) >= 11 is 3.88. The van der Waals surface area contributed by atoms with Crippen LogP contribution in [0.5, 0.6) is 0 Å². The van der Waals surface area contributed by atoms with E-state index in [2.05, 4.69) is 144 Å². The molecule has 0 radical (unpaired) electrons. The van der Waals surface area contributed by atoms with E-state index in [1.165, 1.54) is 70.9 Å². The predicted octanol–water partition coefficient (Wildman–Crippen LogP) is 11.0. The van der Waals surface area contributed by atoms with Crippen LogP contribution in [0.2, 0.25) is 0 Å². The summed E-state index contributed by atoms with van der Waals surface area (Å²) in [5, 5.41) is 9.96. The van der Waals surface area contributed by atoms with Crippen molar-refractivity contribution in [1.82, 2.24) is 0 Å². The van der Waals surface area contributed by atoms with Crippen LogP contribution >= 0.6 is 15.9 Å². The van der Waals surface area contributed by atoms with Gasteiger partial charge in [-0.1, -0.05) is 134 Å². The number of halogens is 1. The van der Waals surface area contributed by atoms with E-state index in [0.29, 0.717) is 0 Å². The van der Waals surface area contributed by atoms with Crippen LogP contribution < -0.4 is 0 Å². The van der Waals surface area contributed by atoms with Gasteiger partial charge < -0.3 is 0 Å². The van der Waals surface area contributed by atoms with Crippen LogP contribution in [0.15, 0.2) is 132 Å². The summed E-state index contributed by atoms with van der Waals surface area (Å²) in [7, 11) is 0. The summed E-state index contributed by atoms with van der Waals surface area (Å²) in [5.41, 5.74) is 6.18. The minimum Gasteiger partial charge on any atom is -0.0984 e. The smallest absolute Gasteiger partial charge is 0.0332 e. The topological polar surface area (TPSA) is 0 Å². The highest BCUT2D eigenvalue weighted by molar-refractivity contribution is 9.10. The van der Waals surface area contributed by atoms with Gasteiger partial charge in [0.05, 0.1) is 0 Å². The first-order valence-corrected chi connectivity index (χ1v) is 13.3. The summed E-state index contributed by atoms with van der Waals surface area (Å²) in [6, 6.07) is 43.8. The fraction of sp³-hybridized carbons (Fsp3) is 0. The third-order valence-corrected chi connectivity index (χ3v) is 8.36. The first-order chi connectivity index (χ1) is 18.3. The Morgan fingerprint density at radius 1 is 0.405 bits per heavy atom. The largest absolute Gasteiger partial charge is 0.0984 e. The van der Waals surface area contributed by atoms with Gasteiger partial charge in [-0.2, -0.15) is 0 Å². The van der Waals surface area contributed by atoms with Gasteiger partial charge in [-0.15, -0.1) is 0 Å². The molecular weight excluding hydrogens is 512 g/mol.